The van der Waals surface area contributed by atoms with Crippen molar-refractivity contribution in [1.29, 1.82) is 0 Å². The SMILES string of the molecule is Cc1ccccc1C(CNC(=O)c1nc(C2CC2)n2ccccc12)N1CCCC1. The molecule has 5 heteroatoms. The van der Waals surface area contributed by atoms with Gasteiger partial charge >= 0.3 is 0 Å². The number of nitrogens with one attached hydrogen (secondary N) is 1. The minimum atomic E-state index is -0.0709. The van der Waals surface area contributed by atoms with Crippen molar-refractivity contribution in [3.63, 3.8) is 0 Å². The Morgan fingerprint density at radius 3 is 2.66 bits per heavy atom. The lowest BCUT2D eigenvalue weighted by molar-refractivity contribution is 0.0935. The number of rotatable bonds is 6. The third kappa shape index (κ3) is 3.55. The van der Waals surface area contributed by atoms with Gasteiger partial charge in [-0.15, -0.1) is 0 Å². The van der Waals surface area contributed by atoms with Crippen LogP contribution in [0.1, 0.15) is 65.1 Å². The Labute approximate surface area is 171 Å². The van der Waals surface area contributed by atoms with Crippen molar-refractivity contribution in [2.45, 2.75) is 44.6 Å². The maximum atomic E-state index is 13.1. The van der Waals surface area contributed by atoms with Gasteiger partial charge < -0.3 is 9.72 Å². The molecule has 2 aliphatic rings. The number of fused-ring (bicyclic) bond motifs is 1. The molecule has 2 aromatic heterocycles. The first-order valence-corrected chi connectivity index (χ1v) is 10.8. The smallest absolute Gasteiger partial charge is 0.272 e. The fraction of sp³-hybridized carbons (Fsp3) is 0.417. The van der Waals surface area contributed by atoms with E-state index in [1.165, 1.54) is 36.8 Å². The number of imidazole rings is 1. The van der Waals surface area contributed by atoms with Crippen LogP contribution in [0.5, 0.6) is 0 Å². The number of carbonyl (C=O) groups excluding carboxylic acids is 1. The summed E-state index contributed by atoms with van der Waals surface area (Å²) in [5.74, 6) is 1.45. The fourth-order valence-corrected chi connectivity index (χ4v) is 4.58. The summed E-state index contributed by atoms with van der Waals surface area (Å²) in [6, 6.07) is 14.7. The number of amides is 1. The molecule has 5 nitrogen and oxygen atoms in total. The Bertz CT molecular complexity index is 1030. The van der Waals surface area contributed by atoms with Crippen molar-refractivity contribution in [2.75, 3.05) is 19.6 Å². The van der Waals surface area contributed by atoms with E-state index in [4.69, 9.17) is 4.98 Å². The summed E-state index contributed by atoms with van der Waals surface area (Å²) in [6.07, 6.45) is 6.81. The number of hydrogen-bond donors (Lipinski definition) is 1. The first-order chi connectivity index (χ1) is 14.2. The standard InChI is InChI=1S/C24H28N4O/c1-17-8-2-3-9-19(17)21(27-13-6-7-14-27)16-25-24(29)22-20-10-4-5-15-28(20)23(26-22)18-11-12-18/h2-5,8-10,15,18,21H,6-7,11-14,16H2,1H3,(H,25,29). The van der Waals surface area contributed by atoms with Gasteiger partial charge in [0, 0.05) is 18.7 Å². The van der Waals surface area contributed by atoms with Crippen molar-refractivity contribution >= 4 is 11.4 Å². The van der Waals surface area contributed by atoms with Crippen molar-refractivity contribution in [3.8, 4) is 0 Å². The molecule has 1 aromatic carbocycles. The predicted molar refractivity (Wildman–Crippen MR) is 114 cm³/mol. The molecule has 1 saturated carbocycles. The van der Waals surface area contributed by atoms with E-state index < -0.39 is 0 Å². The molecule has 1 aliphatic heterocycles. The van der Waals surface area contributed by atoms with Crippen LogP contribution in [0, 0.1) is 6.92 Å². The monoisotopic (exact) mass is 388 g/mol. The molecule has 0 spiro atoms. The molecule has 150 valence electrons. The second-order valence-electron chi connectivity index (χ2n) is 8.37. The molecule has 1 N–H and O–H groups in total. The molecule has 1 unspecified atom stereocenters. The third-order valence-corrected chi connectivity index (χ3v) is 6.32. The van der Waals surface area contributed by atoms with Crippen LogP contribution < -0.4 is 5.32 Å². The van der Waals surface area contributed by atoms with E-state index in [9.17, 15) is 4.79 Å². The molecule has 2 fully saturated rings. The minimum absolute atomic E-state index is 0.0709. The highest BCUT2D eigenvalue weighted by molar-refractivity contribution is 5.99. The van der Waals surface area contributed by atoms with Crippen LogP contribution in [-0.2, 0) is 0 Å². The van der Waals surface area contributed by atoms with Crippen LogP contribution in [-0.4, -0.2) is 39.8 Å². The normalized spacial score (nSPS) is 18.2. The van der Waals surface area contributed by atoms with Crippen molar-refractivity contribution in [1.82, 2.24) is 19.6 Å². The zero-order valence-corrected chi connectivity index (χ0v) is 17.0. The number of pyridine rings is 1. The Balaban J connectivity index is 1.40. The van der Waals surface area contributed by atoms with Crippen molar-refractivity contribution in [3.05, 3.63) is 71.3 Å². The Kier molecular flexibility index (Phi) is 4.84. The quantitative estimate of drug-likeness (QED) is 0.692. The lowest BCUT2D eigenvalue weighted by Gasteiger charge is -2.29. The molecule has 1 amide bonds. The summed E-state index contributed by atoms with van der Waals surface area (Å²) in [6.45, 7) is 4.95. The number of carbonyl (C=O) groups is 1. The summed E-state index contributed by atoms with van der Waals surface area (Å²) in [5.41, 5.74) is 4.04. The summed E-state index contributed by atoms with van der Waals surface area (Å²) in [4.78, 5) is 20.4. The van der Waals surface area contributed by atoms with Crippen LogP contribution in [0.25, 0.3) is 5.52 Å². The molecular formula is C24H28N4O. The van der Waals surface area contributed by atoms with Gasteiger partial charge in [0.15, 0.2) is 5.69 Å². The van der Waals surface area contributed by atoms with Crippen LogP contribution in [0.15, 0.2) is 48.7 Å². The Morgan fingerprint density at radius 1 is 1.14 bits per heavy atom. The summed E-state index contributed by atoms with van der Waals surface area (Å²) >= 11 is 0. The van der Waals surface area contributed by atoms with E-state index in [0.29, 0.717) is 18.2 Å². The van der Waals surface area contributed by atoms with Crippen molar-refractivity contribution in [2.24, 2.45) is 0 Å². The van der Waals surface area contributed by atoms with Gasteiger partial charge in [-0.05, 0) is 69.0 Å². The molecule has 1 aliphatic carbocycles. The number of hydrogen-bond acceptors (Lipinski definition) is 3. The average molecular weight is 389 g/mol. The molecular weight excluding hydrogens is 360 g/mol. The van der Waals surface area contributed by atoms with Gasteiger partial charge in [-0.1, -0.05) is 30.3 Å². The highest BCUT2D eigenvalue weighted by Gasteiger charge is 2.31. The average Bonchev–Trinajstić information content (AvgIpc) is 3.29. The lowest BCUT2D eigenvalue weighted by atomic mass is 10.00. The zero-order chi connectivity index (χ0) is 19.8. The highest BCUT2D eigenvalue weighted by atomic mass is 16.1. The number of nitrogens with zero attached hydrogens (tertiary/aromatic N) is 3. The van der Waals surface area contributed by atoms with Crippen LogP contribution in [0.4, 0.5) is 0 Å². The van der Waals surface area contributed by atoms with Gasteiger partial charge in [0.1, 0.15) is 5.82 Å². The number of benzene rings is 1. The molecule has 0 bridgehead atoms. The maximum absolute atomic E-state index is 13.1. The highest BCUT2D eigenvalue weighted by Crippen LogP contribution is 2.40. The van der Waals surface area contributed by atoms with E-state index in [1.807, 2.05) is 24.4 Å². The molecule has 1 saturated heterocycles. The molecule has 29 heavy (non-hydrogen) atoms. The van der Waals surface area contributed by atoms with Gasteiger partial charge in [0.25, 0.3) is 5.91 Å². The maximum Gasteiger partial charge on any atom is 0.272 e. The number of aromatic nitrogens is 2. The van der Waals surface area contributed by atoms with Crippen LogP contribution >= 0.6 is 0 Å². The van der Waals surface area contributed by atoms with Gasteiger partial charge in [-0.25, -0.2) is 4.98 Å². The largest absolute Gasteiger partial charge is 0.349 e. The molecule has 1 atom stereocenters. The van der Waals surface area contributed by atoms with Crippen LogP contribution in [0.2, 0.25) is 0 Å². The van der Waals surface area contributed by atoms with E-state index >= 15 is 0 Å². The molecule has 3 aromatic rings. The lowest BCUT2D eigenvalue weighted by Crippen LogP contribution is -2.37. The van der Waals surface area contributed by atoms with E-state index in [1.54, 1.807) is 0 Å². The fourth-order valence-electron chi connectivity index (χ4n) is 4.58. The van der Waals surface area contributed by atoms with E-state index in [-0.39, 0.29) is 11.9 Å². The molecule has 0 radical (unpaired) electrons. The predicted octanol–water partition coefficient (Wildman–Crippen LogP) is 4.09. The van der Waals surface area contributed by atoms with Gasteiger partial charge in [0.2, 0.25) is 0 Å². The summed E-state index contributed by atoms with van der Waals surface area (Å²) in [7, 11) is 0. The summed E-state index contributed by atoms with van der Waals surface area (Å²) in [5, 5.41) is 3.21. The Morgan fingerprint density at radius 2 is 1.90 bits per heavy atom. The summed E-state index contributed by atoms with van der Waals surface area (Å²) < 4.78 is 2.09. The van der Waals surface area contributed by atoms with E-state index in [2.05, 4.69) is 45.8 Å². The van der Waals surface area contributed by atoms with E-state index in [0.717, 1.165) is 24.4 Å². The first-order valence-electron chi connectivity index (χ1n) is 10.8. The molecule has 5 rings (SSSR count). The first kappa shape index (κ1) is 18.4. The number of likely N-dealkylation sites (tertiary alicyclic amines) is 1. The van der Waals surface area contributed by atoms with Crippen molar-refractivity contribution < 1.29 is 4.79 Å². The number of aryl methyl sites for hydroxylation is 1. The molecule has 3 heterocycles. The third-order valence-electron chi connectivity index (χ3n) is 6.32. The Hall–Kier alpha value is -2.66. The minimum Gasteiger partial charge on any atom is -0.349 e. The second-order valence-corrected chi connectivity index (χ2v) is 8.37. The van der Waals surface area contributed by atoms with Gasteiger partial charge in [-0.2, -0.15) is 0 Å². The van der Waals surface area contributed by atoms with Crippen LogP contribution in [0.3, 0.4) is 0 Å². The zero-order valence-electron chi connectivity index (χ0n) is 17.0. The second kappa shape index (κ2) is 7.64. The van der Waals surface area contributed by atoms with Gasteiger partial charge in [0.05, 0.1) is 11.6 Å². The van der Waals surface area contributed by atoms with Gasteiger partial charge in [-0.3, -0.25) is 9.69 Å². The topological polar surface area (TPSA) is 49.6 Å².